The molecule has 2 rings (SSSR count). The molecule has 0 aliphatic heterocycles. The van der Waals surface area contributed by atoms with Gasteiger partial charge in [-0.1, -0.05) is 32.8 Å². The SMILES string of the molecule is CC(C)(CN=C(N)NC1CCCC1)c1cccs1.I. The summed E-state index contributed by atoms with van der Waals surface area (Å²) in [5.41, 5.74) is 6.02. The summed E-state index contributed by atoms with van der Waals surface area (Å²) in [6, 6.07) is 4.80. The van der Waals surface area contributed by atoms with Crippen molar-refractivity contribution >= 4 is 41.3 Å². The first-order valence-corrected chi connectivity index (χ1v) is 7.56. The summed E-state index contributed by atoms with van der Waals surface area (Å²) in [6.07, 6.45) is 5.08. The molecule has 0 atom stereocenters. The molecule has 0 spiro atoms. The zero-order chi connectivity index (χ0) is 13.0. The van der Waals surface area contributed by atoms with Gasteiger partial charge in [0, 0.05) is 16.3 Å². The molecule has 1 heterocycles. The van der Waals surface area contributed by atoms with Gasteiger partial charge in [0.15, 0.2) is 5.96 Å². The summed E-state index contributed by atoms with van der Waals surface area (Å²) >= 11 is 1.78. The molecule has 1 aromatic rings. The Bertz CT molecular complexity index is 395. The second kappa shape index (κ2) is 7.47. The summed E-state index contributed by atoms with van der Waals surface area (Å²) in [7, 11) is 0. The molecule has 0 unspecified atom stereocenters. The molecule has 19 heavy (non-hydrogen) atoms. The van der Waals surface area contributed by atoms with E-state index in [4.69, 9.17) is 5.73 Å². The quantitative estimate of drug-likeness (QED) is 0.468. The number of rotatable bonds is 4. The maximum atomic E-state index is 5.96. The molecule has 5 heteroatoms. The van der Waals surface area contributed by atoms with Crippen molar-refractivity contribution in [2.75, 3.05) is 6.54 Å². The standard InChI is InChI=1S/C14H23N3S.HI/c1-14(2,12-8-5-9-18-12)10-16-13(15)17-11-6-3-4-7-11;/h5,8-9,11H,3-4,6-7,10H2,1-2H3,(H3,15,16,17);1H. The highest BCUT2D eigenvalue weighted by Gasteiger charge is 2.21. The minimum atomic E-state index is 0. The van der Waals surface area contributed by atoms with E-state index in [1.54, 1.807) is 11.3 Å². The molecule has 3 N–H and O–H groups in total. The first kappa shape index (κ1) is 16.8. The van der Waals surface area contributed by atoms with Crippen molar-refractivity contribution in [3.05, 3.63) is 22.4 Å². The Balaban J connectivity index is 0.00000180. The van der Waals surface area contributed by atoms with Gasteiger partial charge < -0.3 is 11.1 Å². The van der Waals surface area contributed by atoms with Gasteiger partial charge in [-0.3, -0.25) is 4.99 Å². The Morgan fingerprint density at radius 1 is 1.47 bits per heavy atom. The Morgan fingerprint density at radius 3 is 2.74 bits per heavy atom. The van der Waals surface area contributed by atoms with Gasteiger partial charge in [0.05, 0.1) is 6.54 Å². The summed E-state index contributed by atoms with van der Waals surface area (Å²) < 4.78 is 0. The van der Waals surface area contributed by atoms with Crippen molar-refractivity contribution in [2.45, 2.75) is 51.0 Å². The van der Waals surface area contributed by atoms with Crippen LogP contribution in [0.15, 0.2) is 22.5 Å². The molecule has 3 nitrogen and oxygen atoms in total. The Labute approximate surface area is 137 Å². The fraction of sp³-hybridized carbons (Fsp3) is 0.643. The number of guanidine groups is 1. The van der Waals surface area contributed by atoms with Gasteiger partial charge in [-0.25, -0.2) is 0 Å². The number of halogens is 1. The first-order chi connectivity index (χ1) is 8.58. The lowest BCUT2D eigenvalue weighted by Gasteiger charge is -2.21. The monoisotopic (exact) mass is 393 g/mol. The average Bonchev–Trinajstić information content (AvgIpc) is 2.99. The number of hydrogen-bond acceptors (Lipinski definition) is 2. The minimum Gasteiger partial charge on any atom is -0.370 e. The van der Waals surface area contributed by atoms with Crippen LogP contribution in [0.25, 0.3) is 0 Å². The molecule has 1 aromatic heterocycles. The van der Waals surface area contributed by atoms with Crippen LogP contribution in [0.2, 0.25) is 0 Å². The van der Waals surface area contributed by atoms with Gasteiger partial charge in [0.25, 0.3) is 0 Å². The van der Waals surface area contributed by atoms with Gasteiger partial charge in [-0.05, 0) is 24.3 Å². The number of hydrogen-bond donors (Lipinski definition) is 2. The van der Waals surface area contributed by atoms with Crippen LogP contribution in [-0.2, 0) is 5.41 Å². The predicted molar refractivity (Wildman–Crippen MR) is 94.6 cm³/mol. The van der Waals surface area contributed by atoms with E-state index in [-0.39, 0.29) is 29.4 Å². The highest BCUT2D eigenvalue weighted by molar-refractivity contribution is 14.0. The Morgan fingerprint density at radius 2 is 2.16 bits per heavy atom. The van der Waals surface area contributed by atoms with Gasteiger partial charge in [-0.2, -0.15) is 0 Å². The normalized spacial score (nSPS) is 17.3. The van der Waals surface area contributed by atoms with Crippen LogP contribution in [0.3, 0.4) is 0 Å². The molecule has 0 radical (unpaired) electrons. The van der Waals surface area contributed by atoms with Crippen LogP contribution in [-0.4, -0.2) is 18.5 Å². The topological polar surface area (TPSA) is 50.4 Å². The van der Waals surface area contributed by atoms with Crippen molar-refractivity contribution in [2.24, 2.45) is 10.7 Å². The van der Waals surface area contributed by atoms with E-state index in [9.17, 15) is 0 Å². The molecule has 0 amide bonds. The van der Waals surface area contributed by atoms with Crippen molar-refractivity contribution in [3.8, 4) is 0 Å². The molecule has 1 aliphatic carbocycles. The van der Waals surface area contributed by atoms with Crippen molar-refractivity contribution in [1.82, 2.24) is 5.32 Å². The molecule has 0 saturated heterocycles. The smallest absolute Gasteiger partial charge is 0.188 e. The lowest BCUT2D eigenvalue weighted by Crippen LogP contribution is -2.39. The second-order valence-electron chi connectivity index (χ2n) is 5.69. The van der Waals surface area contributed by atoms with Gasteiger partial charge >= 0.3 is 0 Å². The molecule has 1 aliphatic rings. The minimum absolute atomic E-state index is 0. The molecular weight excluding hydrogens is 369 g/mol. The number of aliphatic imine (C=N–C) groups is 1. The highest BCUT2D eigenvalue weighted by atomic mass is 127. The largest absolute Gasteiger partial charge is 0.370 e. The maximum Gasteiger partial charge on any atom is 0.188 e. The van der Waals surface area contributed by atoms with Crippen molar-refractivity contribution in [1.29, 1.82) is 0 Å². The average molecular weight is 393 g/mol. The Kier molecular flexibility index (Phi) is 6.59. The van der Waals surface area contributed by atoms with Crippen molar-refractivity contribution in [3.63, 3.8) is 0 Å². The van der Waals surface area contributed by atoms with E-state index >= 15 is 0 Å². The maximum absolute atomic E-state index is 5.96. The van der Waals surface area contributed by atoms with E-state index in [2.05, 4.69) is 41.7 Å². The second-order valence-corrected chi connectivity index (χ2v) is 6.64. The van der Waals surface area contributed by atoms with E-state index in [0.29, 0.717) is 12.0 Å². The first-order valence-electron chi connectivity index (χ1n) is 6.68. The van der Waals surface area contributed by atoms with Crippen LogP contribution in [0.1, 0.15) is 44.4 Å². The third kappa shape index (κ3) is 4.95. The number of nitrogens with one attached hydrogen (secondary N) is 1. The number of nitrogens with two attached hydrogens (primary N) is 1. The third-order valence-corrected chi connectivity index (χ3v) is 4.78. The molecule has 0 aromatic carbocycles. The fourth-order valence-electron chi connectivity index (χ4n) is 2.35. The molecule has 108 valence electrons. The molecule has 1 fully saturated rings. The van der Waals surface area contributed by atoms with E-state index in [1.165, 1.54) is 30.6 Å². The number of thiophene rings is 1. The molecular formula is C14H24IN3S. The lowest BCUT2D eigenvalue weighted by atomic mass is 9.92. The van der Waals surface area contributed by atoms with Crippen LogP contribution < -0.4 is 11.1 Å². The zero-order valence-corrected chi connectivity index (χ0v) is 14.8. The van der Waals surface area contributed by atoms with Gasteiger partial charge in [-0.15, -0.1) is 35.3 Å². The zero-order valence-electron chi connectivity index (χ0n) is 11.7. The van der Waals surface area contributed by atoms with Gasteiger partial charge in [0.1, 0.15) is 0 Å². The van der Waals surface area contributed by atoms with E-state index < -0.39 is 0 Å². The summed E-state index contributed by atoms with van der Waals surface area (Å²) in [5, 5.41) is 5.44. The van der Waals surface area contributed by atoms with Crippen LogP contribution in [0.4, 0.5) is 0 Å². The van der Waals surface area contributed by atoms with E-state index in [1.807, 2.05) is 0 Å². The summed E-state index contributed by atoms with van der Waals surface area (Å²) in [6.45, 7) is 5.16. The van der Waals surface area contributed by atoms with E-state index in [0.717, 1.165) is 6.54 Å². The molecule has 0 bridgehead atoms. The summed E-state index contributed by atoms with van der Waals surface area (Å²) in [4.78, 5) is 5.87. The van der Waals surface area contributed by atoms with Crippen LogP contribution >= 0.6 is 35.3 Å². The predicted octanol–water partition coefficient (Wildman–Crippen LogP) is 3.49. The summed E-state index contributed by atoms with van der Waals surface area (Å²) in [5.74, 6) is 0.603. The van der Waals surface area contributed by atoms with Gasteiger partial charge in [0.2, 0.25) is 0 Å². The highest BCUT2D eigenvalue weighted by Crippen LogP contribution is 2.27. The van der Waals surface area contributed by atoms with Crippen LogP contribution in [0.5, 0.6) is 0 Å². The fourth-order valence-corrected chi connectivity index (χ4v) is 3.19. The molecule has 1 saturated carbocycles. The third-order valence-electron chi connectivity index (χ3n) is 3.54. The lowest BCUT2D eigenvalue weighted by molar-refractivity contribution is 0.546. The number of nitrogens with zero attached hydrogens (tertiary/aromatic N) is 1. The van der Waals surface area contributed by atoms with Crippen LogP contribution in [0, 0.1) is 0 Å². The van der Waals surface area contributed by atoms with Crippen molar-refractivity contribution < 1.29 is 0 Å². The Hall–Kier alpha value is -0.300.